The zero-order chi connectivity index (χ0) is 16.2. The summed E-state index contributed by atoms with van der Waals surface area (Å²) in [6.07, 6.45) is 9.14. The number of carboxylic acids is 1. The smallest absolute Gasteiger partial charge is 0.326 e. The van der Waals surface area contributed by atoms with Gasteiger partial charge in [-0.15, -0.1) is 0 Å². The first-order chi connectivity index (χ1) is 11.1. The zero-order valence-corrected chi connectivity index (χ0v) is 13.0. The highest BCUT2D eigenvalue weighted by Gasteiger charge is 2.33. The summed E-state index contributed by atoms with van der Waals surface area (Å²) in [5.74, 6) is 0.112. The van der Waals surface area contributed by atoms with Gasteiger partial charge in [0.15, 0.2) is 0 Å². The molecule has 1 aliphatic heterocycles. The second kappa shape index (κ2) is 6.93. The molecule has 1 saturated carbocycles. The van der Waals surface area contributed by atoms with Crippen molar-refractivity contribution in [2.45, 2.75) is 38.1 Å². The van der Waals surface area contributed by atoms with Crippen LogP contribution in [0.15, 0.2) is 18.6 Å². The summed E-state index contributed by atoms with van der Waals surface area (Å²) in [6, 6.07) is -0.743. The van der Waals surface area contributed by atoms with Crippen LogP contribution in [-0.4, -0.2) is 46.1 Å². The molecule has 7 heteroatoms. The summed E-state index contributed by atoms with van der Waals surface area (Å²) in [7, 11) is 0. The Labute approximate surface area is 135 Å². The van der Waals surface area contributed by atoms with Crippen LogP contribution in [0.25, 0.3) is 0 Å². The fourth-order valence-electron chi connectivity index (χ4n) is 3.02. The number of nitrogens with one attached hydrogen (secondary N) is 1. The largest absolute Gasteiger partial charge is 0.480 e. The summed E-state index contributed by atoms with van der Waals surface area (Å²) in [5.41, 5.74) is 0. The van der Waals surface area contributed by atoms with Crippen LogP contribution in [0.5, 0.6) is 0 Å². The van der Waals surface area contributed by atoms with Gasteiger partial charge in [0.1, 0.15) is 11.9 Å². The number of anilines is 1. The molecule has 2 heterocycles. The molecule has 1 aromatic rings. The predicted molar refractivity (Wildman–Crippen MR) is 83.9 cm³/mol. The van der Waals surface area contributed by atoms with E-state index in [0.29, 0.717) is 25.2 Å². The number of aliphatic carboxylic acids is 1. The molecular formula is C16H22N4O3. The molecule has 0 bridgehead atoms. The van der Waals surface area contributed by atoms with Crippen molar-refractivity contribution in [3.05, 3.63) is 18.6 Å². The SMILES string of the molecule is O=C(NC(CC1CC1)C(=O)O)C1CCN(c2cnccn2)CC1. The summed E-state index contributed by atoms with van der Waals surface area (Å²) in [6.45, 7) is 1.47. The molecule has 0 radical (unpaired) electrons. The van der Waals surface area contributed by atoms with E-state index in [1.165, 1.54) is 0 Å². The molecule has 1 saturated heterocycles. The van der Waals surface area contributed by atoms with Gasteiger partial charge >= 0.3 is 5.97 Å². The first kappa shape index (κ1) is 15.7. The minimum absolute atomic E-state index is 0.121. The average Bonchev–Trinajstić information content (AvgIpc) is 3.39. The monoisotopic (exact) mass is 318 g/mol. The second-order valence-corrected chi connectivity index (χ2v) is 6.40. The van der Waals surface area contributed by atoms with Crippen LogP contribution >= 0.6 is 0 Å². The van der Waals surface area contributed by atoms with Gasteiger partial charge in [-0.1, -0.05) is 12.8 Å². The summed E-state index contributed by atoms with van der Waals surface area (Å²) in [4.78, 5) is 34.1. The van der Waals surface area contributed by atoms with E-state index in [2.05, 4.69) is 20.2 Å². The van der Waals surface area contributed by atoms with E-state index in [4.69, 9.17) is 0 Å². The zero-order valence-electron chi connectivity index (χ0n) is 13.0. The summed E-state index contributed by atoms with van der Waals surface area (Å²) in [5, 5.41) is 12.0. The summed E-state index contributed by atoms with van der Waals surface area (Å²) < 4.78 is 0. The highest BCUT2D eigenvalue weighted by atomic mass is 16.4. The number of amides is 1. The van der Waals surface area contributed by atoms with Gasteiger partial charge < -0.3 is 15.3 Å². The molecule has 23 heavy (non-hydrogen) atoms. The predicted octanol–water partition coefficient (Wildman–Crippen LogP) is 1.06. The van der Waals surface area contributed by atoms with Gasteiger partial charge in [-0.25, -0.2) is 9.78 Å². The maximum atomic E-state index is 12.3. The Morgan fingerprint density at radius 1 is 1.26 bits per heavy atom. The van der Waals surface area contributed by atoms with E-state index in [9.17, 15) is 14.7 Å². The molecule has 1 amide bonds. The molecule has 2 aliphatic rings. The van der Waals surface area contributed by atoms with E-state index in [0.717, 1.165) is 31.7 Å². The van der Waals surface area contributed by atoms with E-state index < -0.39 is 12.0 Å². The molecule has 1 unspecified atom stereocenters. The van der Waals surface area contributed by atoms with Gasteiger partial charge in [-0.3, -0.25) is 9.78 Å². The van der Waals surface area contributed by atoms with Crippen LogP contribution < -0.4 is 10.2 Å². The first-order valence-corrected chi connectivity index (χ1v) is 8.17. The standard InChI is InChI=1S/C16H22N4O3/c21-15(19-13(16(22)23)9-11-1-2-11)12-3-7-20(8-4-12)14-10-17-5-6-18-14/h5-6,10-13H,1-4,7-9H2,(H,19,21)(H,22,23). The van der Waals surface area contributed by atoms with Crippen molar-refractivity contribution >= 4 is 17.7 Å². The van der Waals surface area contributed by atoms with Gasteiger partial charge in [-0.05, 0) is 25.2 Å². The molecule has 0 aromatic carbocycles. The Kier molecular flexibility index (Phi) is 4.73. The van der Waals surface area contributed by atoms with Gasteiger partial charge in [0.05, 0.1) is 6.20 Å². The highest BCUT2D eigenvalue weighted by molar-refractivity contribution is 5.85. The maximum absolute atomic E-state index is 12.3. The van der Waals surface area contributed by atoms with Crippen molar-refractivity contribution in [1.29, 1.82) is 0 Å². The molecule has 1 aromatic heterocycles. The molecule has 7 nitrogen and oxygen atoms in total. The number of hydrogen-bond donors (Lipinski definition) is 2. The third-order valence-corrected chi connectivity index (χ3v) is 4.62. The summed E-state index contributed by atoms with van der Waals surface area (Å²) >= 11 is 0. The number of aromatic nitrogens is 2. The van der Waals surface area contributed by atoms with Gasteiger partial charge in [-0.2, -0.15) is 0 Å². The average molecular weight is 318 g/mol. The highest BCUT2D eigenvalue weighted by Crippen LogP contribution is 2.33. The third kappa shape index (κ3) is 4.18. The molecule has 2 fully saturated rings. The van der Waals surface area contributed by atoms with Crippen LogP contribution in [0, 0.1) is 11.8 Å². The number of hydrogen-bond acceptors (Lipinski definition) is 5. The molecule has 0 spiro atoms. The van der Waals surface area contributed by atoms with Crippen molar-refractivity contribution in [1.82, 2.24) is 15.3 Å². The van der Waals surface area contributed by atoms with E-state index in [1.807, 2.05) is 0 Å². The Morgan fingerprint density at radius 3 is 2.57 bits per heavy atom. The van der Waals surface area contributed by atoms with Crippen LogP contribution in [0.4, 0.5) is 5.82 Å². The molecule has 1 aliphatic carbocycles. The quantitative estimate of drug-likeness (QED) is 0.814. The van der Waals surface area contributed by atoms with Crippen molar-refractivity contribution in [3.63, 3.8) is 0 Å². The number of nitrogens with zero attached hydrogens (tertiary/aromatic N) is 3. The third-order valence-electron chi connectivity index (χ3n) is 4.62. The molecule has 1 atom stereocenters. The number of carbonyl (C=O) groups is 2. The Bertz CT molecular complexity index is 554. The van der Waals surface area contributed by atoms with E-state index >= 15 is 0 Å². The topological polar surface area (TPSA) is 95.4 Å². The number of piperidine rings is 1. The minimum atomic E-state index is -0.928. The van der Waals surface area contributed by atoms with Crippen LogP contribution in [0.3, 0.4) is 0 Å². The lowest BCUT2D eigenvalue weighted by atomic mass is 9.95. The fourth-order valence-corrected chi connectivity index (χ4v) is 3.02. The van der Waals surface area contributed by atoms with Gasteiger partial charge in [0.25, 0.3) is 0 Å². The van der Waals surface area contributed by atoms with Crippen molar-refractivity contribution in [3.8, 4) is 0 Å². The fraction of sp³-hybridized carbons (Fsp3) is 0.625. The lowest BCUT2D eigenvalue weighted by Crippen LogP contribution is -2.47. The molecule has 3 rings (SSSR count). The van der Waals surface area contributed by atoms with Crippen molar-refractivity contribution in [2.24, 2.45) is 11.8 Å². The Hall–Kier alpha value is -2.18. The van der Waals surface area contributed by atoms with E-state index in [1.54, 1.807) is 18.6 Å². The van der Waals surface area contributed by atoms with Crippen molar-refractivity contribution in [2.75, 3.05) is 18.0 Å². The van der Waals surface area contributed by atoms with Crippen LogP contribution in [0.1, 0.15) is 32.1 Å². The van der Waals surface area contributed by atoms with Gasteiger partial charge in [0, 0.05) is 31.4 Å². The Balaban J connectivity index is 1.50. The number of rotatable bonds is 6. The lowest BCUT2D eigenvalue weighted by molar-refractivity contribution is -0.142. The minimum Gasteiger partial charge on any atom is -0.480 e. The normalized spacial score (nSPS) is 20.1. The number of carboxylic acid groups (broad SMARTS) is 1. The number of carbonyl (C=O) groups excluding carboxylic acids is 1. The first-order valence-electron chi connectivity index (χ1n) is 8.17. The van der Waals surface area contributed by atoms with E-state index in [-0.39, 0.29) is 11.8 Å². The molecular weight excluding hydrogens is 296 g/mol. The molecule has 2 N–H and O–H groups in total. The molecule has 124 valence electrons. The van der Waals surface area contributed by atoms with Crippen LogP contribution in [0.2, 0.25) is 0 Å². The van der Waals surface area contributed by atoms with Gasteiger partial charge in [0.2, 0.25) is 5.91 Å². The van der Waals surface area contributed by atoms with Crippen molar-refractivity contribution < 1.29 is 14.7 Å². The Morgan fingerprint density at radius 2 is 2.00 bits per heavy atom. The lowest BCUT2D eigenvalue weighted by Gasteiger charge is -2.32. The van der Waals surface area contributed by atoms with Crippen LogP contribution in [-0.2, 0) is 9.59 Å². The maximum Gasteiger partial charge on any atom is 0.326 e. The second-order valence-electron chi connectivity index (χ2n) is 6.40.